The molecule has 0 aliphatic carbocycles. The zero-order chi connectivity index (χ0) is 19.6. The number of halogens is 1. The fourth-order valence-electron chi connectivity index (χ4n) is 3.83. The predicted octanol–water partition coefficient (Wildman–Crippen LogP) is 5.09. The van der Waals surface area contributed by atoms with Crippen LogP contribution in [0.15, 0.2) is 71.7 Å². The van der Waals surface area contributed by atoms with E-state index in [2.05, 4.69) is 17.4 Å². The summed E-state index contributed by atoms with van der Waals surface area (Å²) >= 11 is 1.86. The minimum absolute atomic E-state index is 0. The first-order valence-electron chi connectivity index (χ1n) is 9.93. The first-order chi connectivity index (χ1) is 14.3. The van der Waals surface area contributed by atoms with Crippen LogP contribution in [-0.4, -0.2) is 11.1 Å². The summed E-state index contributed by atoms with van der Waals surface area (Å²) in [4.78, 5) is 14.2. The highest BCUT2D eigenvalue weighted by atomic mass is 35.5. The predicted molar refractivity (Wildman–Crippen MR) is 125 cm³/mol. The van der Waals surface area contributed by atoms with Gasteiger partial charge in [-0.1, -0.05) is 36.4 Å². The van der Waals surface area contributed by atoms with E-state index in [4.69, 9.17) is 4.74 Å². The second-order valence-corrected chi connectivity index (χ2v) is 8.45. The lowest BCUT2D eigenvalue weighted by molar-refractivity contribution is 0.305. The Hall–Kier alpha value is -2.60. The van der Waals surface area contributed by atoms with Crippen LogP contribution in [0.25, 0.3) is 15.8 Å². The third kappa shape index (κ3) is 4.15. The molecule has 0 radical (unpaired) electrons. The van der Waals surface area contributed by atoms with Gasteiger partial charge in [0.15, 0.2) is 0 Å². The van der Waals surface area contributed by atoms with Crippen molar-refractivity contribution < 1.29 is 4.74 Å². The molecule has 0 amide bonds. The zero-order valence-corrected chi connectivity index (χ0v) is 18.1. The van der Waals surface area contributed by atoms with Crippen LogP contribution < -0.4 is 15.6 Å². The van der Waals surface area contributed by atoms with E-state index < -0.39 is 0 Å². The highest BCUT2D eigenvalue weighted by molar-refractivity contribution is 7.19. The number of ether oxygens (including phenoxy) is 1. The highest BCUT2D eigenvalue weighted by Gasteiger charge is 2.15. The highest BCUT2D eigenvalue weighted by Crippen LogP contribution is 2.34. The van der Waals surface area contributed by atoms with Gasteiger partial charge in [-0.15, -0.1) is 23.7 Å². The first kappa shape index (κ1) is 20.7. The van der Waals surface area contributed by atoms with Gasteiger partial charge in [-0.25, -0.2) is 0 Å². The smallest absolute Gasteiger partial charge is 0.258 e. The van der Waals surface area contributed by atoms with Crippen molar-refractivity contribution in [3.8, 4) is 11.4 Å². The molecule has 30 heavy (non-hydrogen) atoms. The average molecular weight is 439 g/mol. The average Bonchev–Trinajstić information content (AvgIpc) is 2.92. The number of benzene rings is 2. The van der Waals surface area contributed by atoms with Gasteiger partial charge in [0.25, 0.3) is 5.56 Å². The van der Waals surface area contributed by atoms with Crippen LogP contribution in [-0.2, 0) is 19.6 Å². The molecule has 154 valence electrons. The van der Waals surface area contributed by atoms with Crippen molar-refractivity contribution in [1.82, 2.24) is 9.88 Å². The van der Waals surface area contributed by atoms with Gasteiger partial charge in [-0.2, -0.15) is 0 Å². The molecule has 4 aromatic rings. The summed E-state index contributed by atoms with van der Waals surface area (Å²) in [7, 11) is 0. The molecule has 0 unspecified atom stereocenters. The number of aryl methyl sites for hydroxylation is 1. The molecule has 2 aromatic carbocycles. The molecule has 4 nitrogen and oxygen atoms in total. The third-order valence-electron chi connectivity index (χ3n) is 5.34. The number of nitrogens with one attached hydrogen (secondary N) is 1. The SMILES string of the molecule is Cl.O=c1cc(OCc2ccccc2)ccn1-c1ccc2c3c(sc2c1)CCCNC3. The van der Waals surface area contributed by atoms with Crippen LogP contribution in [0.3, 0.4) is 0 Å². The number of rotatable bonds is 4. The van der Waals surface area contributed by atoms with Gasteiger partial charge in [-0.3, -0.25) is 9.36 Å². The van der Waals surface area contributed by atoms with Crippen molar-refractivity contribution in [2.24, 2.45) is 0 Å². The van der Waals surface area contributed by atoms with Gasteiger partial charge in [-0.05, 0) is 54.1 Å². The number of fused-ring (bicyclic) bond motifs is 3. The Balaban J connectivity index is 0.00000218. The van der Waals surface area contributed by atoms with E-state index in [0.29, 0.717) is 12.4 Å². The number of nitrogens with zero attached hydrogens (tertiary/aromatic N) is 1. The normalized spacial score (nSPS) is 13.3. The summed E-state index contributed by atoms with van der Waals surface area (Å²) in [6, 6.07) is 19.7. The number of pyridine rings is 1. The van der Waals surface area contributed by atoms with Crippen molar-refractivity contribution in [2.45, 2.75) is 26.0 Å². The summed E-state index contributed by atoms with van der Waals surface area (Å²) in [5.41, 5.74) is 3.30. The number of hydrogen-bond donors (Lipinski definition) is 1. The molecule has 0 spiro atoms. The van der Waals surface area contributed by atoms with E-state index in [1.165, 1.54) is 26.9 Å². The van der Waals surface area contributed by atoms with Crippen LogP contribution in [0.4, 0.5) is 0 Å². The maximum absolute atomic E-state index is 12.7. The third-order valence-corrected chi connectivity index (χ3v) is 6.59. The Bertz CT molecular complexity index is 1220. The Morgan fingerprint density at radius 1 is 1.07 bits per heavy atom. The Kier molecular flexibility index (Phi) is 6.23. The van der Waals surface area contributed by atoms with E-state index >= 15 is 0 Å². The van der Waals surface area contributed by atoms with E-state index in [-0.39, 0.29) is 18.0 Å². The number of aromatic nitrogens is 1. The molecule has 6 heteroatoms. The zero-order valence-electron chi connectivity index (χ0n) is 16.5. The lowest BCUT2D eigenvalue weighted by Crippen LogP contribution is -2.16. The van der Waals surface area contributed by atoms with Crippen molar-refractivity contribution >= 4 is 33.8 Å². The molecular weight excluding hydrogens is 416 g/mol. The van der Waals surface area contributed by atoms with E-state index in [1.54, 1.807) is 16.8 Å². The Morgan fingerprint density at radius 3 is 2.77 bits per heavy atom. The van der Waals surface area contributed by atoms with Crippen molar-refractivity contribution in [3.63, 3.8) is 0 Å². The minimum Gasteiger partial charge on any atom is -0.489 e. The molecule has 1 aliphatic rings. The fourth-order valence-corrected chi connectivity index (χ4v) is 5.13. The molecule has 0 saturated heterocycles. The standard InChI is InChI=1S/C24H22N2O2S.ClH/c27-24-14-19(28-16-17-5-2-1-3-6-17)10-12-26(24)18-8-9-20-21-15-25-11-4-7-22(21)29-23(20)13-18;/h1-3,5-6,8-10,12-14,25H,4,7,11,15-16H2;1H. The van der Waals surface area contributed by atoms with Gasteiger partial charge in [0.2, 0.25) is 0 Å². The summed E-state index contributed by atoms with van der Waals surface area (Å²) in [5, 5.41) is 4.81. The van der Waals surface area contributed by atoms with Crippen molar-refractivity contribution in [3.05, 3.63) is 93.2 Å². The molecule has 3 heterocycles. The van der Waals surface area contributed by atoms with Gasteiger partial charge < -0.3 is 10.1 Å². The monoisotopic (exact) mass is 438 g/mol. The number of thiophene rings is 1. The number of hydrogen-bond acceptors (Lipinski definition) is 4. The van der Waals surface area contributed by atoms with Crippen LogP contribution in [0, 0.1) is 0 Å². The van der Waals surface area contributed by atoms with Gasteiger partial charge in [0.05, 0.1) is 5.69 Å². The maximum Gasteiger partial charge on any atom is 0.258 e. The molecule has 1 aliphatic heterocycles. The quantitative estimate of drug-likeness (QED) is 0.482. The minimum atomic E-state index is -0.0882. The molecule has 0 fully saturated rings. The van der Waals surface area contributed by atoms with E-state index in [9.17, 15) is 4.79 Å². The lowest BCUT2D eigenvalue weighted by Gasteiger charge is -2.09. The van der Waals surface area contributed by atoms with Crippen molar-refractivity contribution in [1.29, 1.82) is 0 Å². The molecule has 5 rings (SSSR count). The molecular formula is C24H23ClN2O2S. The largest absolute Gasteiger partial charge is 0.489 e. The van der Waals surface area contributed by atoms with Gasteiger partial charge >= 0.3 is 0 Å². The second kappa shape index (κ2) is 9.04. The second-order valence-electron chi connectivity index (χ2n) is 7.31. The van der Waals surface area contributed by atoms with E-state index in [1.807, 2.05) is 53.8 Å². The molecule has 0 saturated carbocycles. The molecule has 0 atom stereocenters. The summed E-state index contributed by atoms with van der Waals surface area (Å²) in [6.07, 6.45) is 4.10. The maximum atomic E-state index is 12.7. The van der Waals surface area contributed by atoms with Gasteiger partial charge in [0, 0.05) is 28.4 Å². The van der Waals surface area contributed by atoms with Crippen LogP contribution >= 0.6 is 23.7 Å². The topological polar surface area (TPSA) is 43.3 Å². The molecule has 2 aromatic heterocycles. The van der Waals surface area contributed by atoms with Gasteiger partial charge in [0.1, 0.15) is 12.4 Å². The Labute approximate surface area is 185 Å². The first-order valence-corrected chi connectivity index (χ1v) is 10.7. The fraction of sp³-hybridized carbons (Fsp3) is 0.208. The van der Waals surface area contributed by atoms with Crippen molar-refractivity contribution in [2.75, 3.05) is 6.54 Å². The molecule has 0 bridgehead atoms. The molecule has 1 N–H and O–H groups in total. The van der Waals surface area contributed by atoms with E-state index in [0.717, 1.165) is 30.8 Å². The summed E-state index contributed by atoms with van der Waals surface area (Å²) in [6.45, 7) is 2.46. The summed E-state index contributed by atoms with van der Waals surface area (Å²) in [5.74, 6) is 0.588. The summed E-state index contributed by atoms with van der Waals surface area (Å²) < 4.78 is 8.70. The van der Waals surface area contributed by atoms with Crippen LogP contribution in [0.5, 0.6) is 5.75 Å². The lowest BCUT2D eigenvalue weighted by atomic mass is 10.1. The Morgan fingerprint density at radius 2 is 1.93 bits per heavy atom. The van der Waals surface area contributed by atoms with Crippen LogP contribution in [0.1, 0.15) is 22.4 Å². The van der Waals surface area contributed by atoms with Crippen LogP contribution in [0.2, 0.25) is 0 Å².